The van der Waals surface area contributed by atoms with E-state index in [9.17, 15) is 13.2 Å². The molecule has 0 aliphatic carbocycles. The number of carbonyl (C=O) groups excluding carboxylic acids is 1. The molecule has 1 heterocycles. The maximum Gasteiger partial charge on any atom is 0.221 e. The third-order valence-corrected chi connectivity index (χ3v) is 4.83. The third kappa shape index (κ3) is 4.25. The number of nitrogens with one attached hydrogen (secondary N) is 1. The molecule has 0 radical (unpaired) electrons. The summed E-state index contributed by atoms with van der Waals surface area (Å²) in [7, 11) is -3.08. The minimum Gasteiger partial charge on any atom is -0.353 e. The summed E-state index contributed by atoms with van der Waals surface area (Å²) in [6.45, 7) is 2.97. The number of nitrogens with zero attached hydrogens (tertiary/aromatic N) is 1. The van der Waals surface area contributed by atoms with Gasteiger partial charge in [-0.05, 0) is 19.8 Å². The van der Waals surface area contributed by atoms with Crippen molar-refractivity contribution in [2.45, 2.75) is 32.2 Å². The van der Waals surface area contributed by atoms with Crippen LogP contribution in [-0.2, 0) is 14.8 Å². The van der Waals surface area contributed by atoms with Gasteiger partial charge in [0.1, 0.15) is 0 Å². The molecule has 3 N–H and O–H groups in total. The zero-order valence-electron chi connectivity index (χ0n) is 10.2. The Morgan fingerprint density at radius 3 is 2.47 bits per heavy atom. The number of sulfonamides is 1. The molecule has 1 amide bonds. The first kappa shape index (κ1) is 14.4. The van der Waals surface area contributed by atoms with Gasteiger partial charge in [-0.1, -0.05) is 0 Å². The minimum atomic E-state index is -3.08. The first-order valence-electron chi connectivity index (χ1n) is 5.97. The molecule has 100 valence electrons. The van der Waals surface area contributed by atoms with Crippen molar-refractivity contribution in [2.24, 2.45) is 5.73 Å². The molecule has 1 aliphatic heterocycles. The van der Waals surface area contributed by atoms with Gasteiger partial charge in [0.05, 0.1) is 5.75 Å². The lowest BCUT2D eigenvalue weighted by molar-refractivity contribution is -0.121. The molecule has 0 spiro atoms. The van der Waals surface area contributed by atoms with Crippen LogP contribution in [-0.4, -0.2) is 50.1 Å². The van der Waals surface area contributed by atoms with E-state index in [1.165, 1.54) is 4.31 Å². The highest BCUT2D eigenvalue weighted by Crippen LogP contribution is 2.14. The molecule has 17 heavy (non-hydrogen) atoms. The number of hydrogen-bond acceptors (Lipinski definition) is 4. The fourth-order valence-electron chi connectivity index (χ4n) is 1.89. The van der Waals surface area contributed by atoms with E-state index in [2.05, 4.69) is 5.32 Å². The zero-order valence-corrected chi connectivity index (χ0v) is 11.0. The van der Waals surface area contributed by atoms with Crippen molar-refractivity contribution >= 4 is 15.9 Å². The summed E-state index contributed by atoms with van der Waals surface area (Å²) in [5.74, 6) is 0.0845. The van der Waals surface area contributed by atoms with Crippen molar-refractivity contribution in [1.82, 2.24) is 9.62 Å². The van der Waals surface area contributed by atoms with Crippen LogP contribution in [0.5, 0.6) is 0 Å². The smallest absolute Gasteiger partial charge is 0.221 e. The Labute approximate surface area is 103 Å². The first-order chi connectivity index (χ1) is 7.99. The molecule has 0 saturated carbocycles. The van der Waals surface area contributed by atoms with Crippen LogP contribution in [0.4, 0.5) is 0 Å². The Bertz CT molecular complexity index is 348. The molecule has 1 fully saturated rings. The number of rotatable bonds is 5. The Balaban J connectivity index is 2.38. The number of nitrogens with two attached hydrogens (primary N) is 1. The second kappa shape index (κ2) is 6.32. The first-order valence-corrected chi connectivity index (χ1v) is 7.57. The molecule has 0 aromatic rings. The summed E-state index contributed by atoms with van der Waals surface area (Å²) in [5, 5.41) is 2.87. The largest absolute Gasteiger partial charge is 0.353 e. The molecule has 7 heteroatoms. The minimum absolute atomic E-state index is 0.0516. The Kier molecular flexibility index (Phi) is 5.35. The molecule has 1 saturated heterocycles. The third-order valence-electron chi connectivity index (χ3n) is 2.95. The number of carbonyl (C=O) groups is 1. The topological polar surface area (TPSA) is 92.5 Å². The maximum atomic E-state index is 11.6. The zero-order chi connectivity index (χ0) is 12.9. The van der Waals surface area contributed by atoms with E-state index in [1.54, 1.807) is 6.92 Å². The summed E-state index contributed by atoms with van der Waals surface area (Å²) in [4.78, 5) is 11.3. The van der Waals surface area contributed by atoms with Gasteiger partial charge in [-0.25, -0.2) is 12.7 Å². The van der Waals surface area contributed by atoms with Gasteiger partial charge in [-0.3, -0.25) is 4.79 Å². The van der Waals surface area contributed by atoms with Crippen LogP contribution >= 0.6 is 0 Å². The SMILES string of the molecule is CCS(=O)(=O)N1CCC(NC(=O)CCN)CC1. The lowest BCUT2D eigenvalue weighted by Crippen LogP contribution is -2.47. The Morgan fingerprint density at radius 2 is 2.00 bits per heavy atom. The molecule has 0 atom stereocenters. The van der Waals surface area contributed by atoms with Gasteiger partial charge in [-0.15, -0.1) is 0 Å². The maximum absolute atomic E-state index is 11.6. The van der Waals surface area contributed by atoms with Crippen molar-refractivity contribution in [3.05, 3.63) is 0 Å². The average Bonchev–Trinajstić information content (AvgIpc) is 2.30. The summed E-state index contributed by atoms with van der Waals surface area (Å²) >= 11 is 0. The van der Waals surface area contributed by atoms with Gasteiger partial charge in [-0.2, -0.15) is 0 Å². The average molecular weight is 263 g/mol. The van der Waals surface area contributed by atoms with Gasteiger partial charge in [0.15, 0.2) is 0 Å². The van der Waals surface area contributed by atoms with E-state index < -0.39 is 10.0 Å². The summed E-state index contributed by atoms with van der Waals surface area (Å²) < 4.78 is 24.7. The standard InChI is InChI=1S/C10H21N3O3S/c1-2-17(15,16)13-7-4-9(5-8-13)12-10(14)3-6-11/h9H,2-8,11H2,1H3,(H,12,14). The van der Waals surface area contributed by atoms with Crippen LogP contribution in [0.25, 0.3) is 0 Å². The lowest BCUT2D eigenvalue weighted by Gasteiger charge is -2.31. The molecule has 0 bridgehead atoms. The summed E-state index contributed by atoms with van der Waals surface area (Å²) in [5.41, 5.74) is 5.28. The molecule has 0 unspecified atom stereocenters. The lowest BCUT2D eigenvalue weighted by atomic mass is 10.1. The van der Waals surface area contributed by atoms with Crippen LogP contribution in [0.15, 0.2) is 0 Å². The molecular weight excluding hydrogens is 242 g/mol. The van der Waals surface area contributed by atoms with Crippen molar-refractivity contribution in [2.75, 3.05) is 25.4 Å². The Hall–Kier alpha value is -0.660. The van der Waals surface area contributed by atoms with E-state index in [0.717, 1.165) is 0 Å². The van der Waals surface area contributed by atoms with Crippen LogP contribution in [0.3, 0.4) is 0 Å². The highest BCUT2D eigenvalue weighted by molar-refractivity contribution is 7.89. The fourth-order valence-corrected chi connectivity index (χ4v) is 3.02. The van der Waals surface area contributed by atoms with E-state index >= 15 is 0 Å². The molecule has 0 aromatic carbocycles. The van der Waals surface area contributed by atoms with Gasteiger partial charge >= 0.3 is 0 Å². The van der Waals surface area contributed by atoms with Gasteiger partial charge < -0.3 is 11.1 Å². The van der Waals surface area contributed by atoms with Crippen molar-refractivity contribution < 1.29 is 13.2 Å². The Morgan fingerprint density at radius 1 is 1.41 bits per heavy atom. The highest BCUT2D eigenvalue weighted by atomic mass is 32.2. The second-order valence-corrected chi connectivity index (χ2v) is 6.44. The quantitative estimate of drug-likeness (QED) is 0.683. The van der Waals surface area contributed by atoms with Crippen LogP contribution < -0.4 is 11.1 Å². The van der Waals surface area contributed by atoms with Crippen molar-refractivity contribution in [3.63, 3.8) is 0 Å². The number of amides is 1. The molecule has 6 nitrogen and oxygen atoms in total. The van der Waals surface area contributed by atoms with E-state index in [1.807, 2.05) is 0 Å². The predicted molar refractivity (Wildman–Crippen MR) is 65.9 cm³/mol. The highest BCUT2D eigenvalue weighted by Gasteiger charge is 2.27. The van der Waals surface area contributed by atoms with Gasteiger partial charge in [0, 0.05) is 32.1 Å². The number of hydrogen-bond donors (Lipinski definition) is 2. The van der Waals surface area contributed by atoms with Gasteiger partial charge in [0.25, 0.3) is 0 Å². The van der Waals surface area contributed by atoms with E-state index in [0.29, 0.717) is 38.9 Å². The molecular formula is C10H21N3O3S. The van der Waals surface area contributed by atoms with Crippen LogP contribution in [0, 0.1) is 0 Å². The fraction of sp³-hybridized carbons (Fsp3) is 0.900. The molecule has 1 aliphatic rings. The molecule has 1 rings (SSSR count). The van der Waals surface area contributed by atoms with E-state index in [-0.39, 0.29) is 17.7 Å². The second-order valence-electron chi connectivity index (χ2n) is 4.18. The molecule has 0 aromatic heterocycles. The normalized spacial score (nSPS) is 19.2. The van der Waals surface area contributed by atoms with Gasteiger partial charge in [0.2, 0.25) is 15.9 Å². The van der Waals surface area contributed by atoms with Crippen LogP contribution in [0.1, 0.15) is 26.2 Å². The van der Waals surface area contributed by atoms with Crippen molar-refractivity contribution in [1.29, 1.82) is 0 Å². The predicted octanol–water partition coefficient (Wildman–Crippen LogP) is -0.734. The summed E-state index contributed by atoms with van der Waals surface area (Å²) in [6.07, 6.45) is 1.68. The number of piperidine rings is 1. The van der Waals surface area contributed by atoms with E-state index in [4.69, 9.17) is 5.73 Å². The monoisotopic (exact) mass is 263 g/mol. The summed E-state index contributed by atoms with van der Waals surface area (Å²) in [6, 6.07) is 0.0809. The van der Waals surface area contributed by atoms with Crippen LogP contribution in [0.2, 0.25) is 0 Å². The van der Waals surface area contributed by atoms with Crippen molar-refractivity contribution in [3.8, 4) is 0 Å².